The molecule has 0 radical (unpaired) electrons. The third-order valence-electron chi connectivity index (χ3n) is 4.21. The van der Waals surface area contributed by atoms with Crippen molar-refractivity contribution in [2.75, 3.05) is 0 Å². The van der Waals surface area contributed by atoms with E-state index < -0.39 is 0 Å². The second kappa shape index (κ2) is 5.06. The summed E-state index contributed by atoms with van der Waals surface area (Å²) >= 11 is 0. The van der Waals surface area contributed by atoms with Crippen molar-refractivity contribution in [3.63, 3.8) is 0 Å². The van der Waals surface area contributed by atoms with Gasteiger partial charge in [-0.05, 0) is 46.5 Å². The van der Waals surface area contributed by atoms with E-state index in [1.165, 1.54) is 12.8 Å². The molecular weight excluding hydrogens is 300 g/mol. The quantitative estimate of drug-likeness (QED) is 0.443. The Bertz CT molecular complexity index is 1060. The number of benzene rings is 3. The van der Waals surface area contributed by atoms with Crippen molar-refractivity contribution in [3.05, 3.63) is 73.5 Å². The third-order valence-corrected chi connectivity index (χ3v) is 4.21. The van der Waals surface area contributed by atoms with Crippen LogP contribution in [0.25, 0.3) is 44.5 Å². The van der Waals surface area contributed by atoms with Crippen LogP contribution in [-0.2, 0) is 0 Å². The van der Waals surface area contributed by atoms with Crippen molar-refractivity contribution in [1.29, 1.82) is 0 Å². The first kappa shape index (κ1) is 13.1. The maximum Gasteiger partial charge on any atom is 0.181 e. The van der Waals surface area contributed by atoms with Crippen molar-refractivity contribution < 1.29 is 8.83 Å². The molecule has 0 saturated heterocycles. The van der Waals surface area contributed by atoms with Crippen LogP contribution in [0.15, 0.2) is 82.3 Å². The molecule has 24 heavy (non-hydrogen) atoms. The molecule has 0 amide bonds. The van der Waals surface area contributed by atoms with Crippen molar-refractivity contribution in [1.82, 2.24) is 9.97 Å². The second-order valence-corrected chi connectivity index (χ2v) is 5.65. The molecule has 0 bridgehead atoms. The van der Waals surface area contributed by atoms with E-state index >= 15 is 0 Å². The summed E-state index contributed by atoms with van der Waals surface area (Å²) in [6, 6.07) is 20.5. The maximum atomic E-state index is 5.38. The Kier molecular flexibility index (Phi) is 2.76. The minimum absolute atomic E-state index is 0.798. The van der Waals surface area contributed by atoms with Crippen LogP contribution in [0, 0.1) is 0 Å². The number of rotatable bonds is 2. The number of oxazole rings is 2. The van der Waals surface area contributed by atoms with E-state index in [9.17, 15) is 0 Å². The molecule has 0 saturated carbocycles. The van der Waals surface area contributed by atoms with E-state index in [-0.39, 0.29) is 0 Å². The van der Waals surface area contributed by atoms with E-state index in [0.29, 0.717) is 0 Å². The Hall–Kier alpha value is -3.40. The molecule has 114 valence electrons. The van der Waals surface area contributed by atoms with Crippen LogP contribution in [0.5, 0.6) is 0 Å². The summed E-state index contributed by atoms with van der Waals surface area (Å²) in [6.07, 6.45) is 2.94. The zero-order chi connectivity index (χ0) is 15.9. The first-order valence-electron chi connectivity index (χ1n) is 7.64. The van der Waals surface area contributed by atoms with E-state index in [1.807, 2.05) is 24.3 Å². The zero-order valence-electron chi connectivity index (χ0n) is 12.6. The minimum atomic E-state index is 0.798. The first-order chi connectivity index (χ1) is 11.9. The highest BCUT2D eigenvalue weighted by Crippen LogP contribution is 2.28. The summed E-state index contributed by atoms with van der Waals surface area (Å²) in [5.41, 5.74) is 7.83. The van der Waals surface area contributed by atoms with Gasteiger partial charge >= 0.3 is 0 Å². The number of nitrogens with zero attached hydrogens (tertiary/aromatic N) is 2. The molecule has 2 aromatic heterocycles. The van der Waals surface area contributed by atoms with Crippen LogP contribution in [0.3, 0.4) is 0 Å². The SMILES string of the molecule is c1nc2ccc(-c3ccc(-c4ccc5ncoc5c4)cc3)cc2o1. The Morgan fingerprint density at radius 2 is 0.917 bits per heavy atom. The average molecular weight is 312 g/mol. The molecule has 0 aliphatic carbocycles. The van der Waals surface area contributed by atoms with E-state index in [1.54, 1.807) is 0 Å². The van der Waals surface area contributed by atoms with Crippen LogP contribution in [0.4, 0.5) is 0 Å². The van der Waals surface area contributed by atoms with Crippen LogP contribution in [0.2, 0.25) is 0 Å². The first-order valence-corrected chi connectivity index (χ1v) is 7.64. The summed E-state index contributed by atoms with van der Waals surface area (Å²) in [5.74, 6) is 0. The fourth-order valence-electron chi connectivity index (χ4n) is 2.92. The predicted molar refractivity (Wildman–Crippen MR) is 92.4 cm³/mol. The van der Waals surface area contributed by atoms with Gasteiger partial charge in [0, 0.05) is 0 Å². The normalized spacial score (nSPS) is 11.3. The monoisotopic (exact) mass is 312 g/mol. The maximum absolute atomic E-state index is 5.38. The summed E-state index contributed by atoms with van der Waals surface area (Å²) in [6.45, 7) is 0. The molecule has 0 N–H and O–H groups in total. The van der Waals surface area contributed by atoms with Gasteiger partial charge in [-0.3, -0.25) is 0 Å². The fraction of sp³-hybridized carbons (Fsp3) is 0. The lowest BCUT2D eigenvalue weighted by Crippen LogP contribution is -1.81. The van der Waals surface area contributed by atoms with Crippen LogP contribution >= 0.6 is 0 Å². The van der Waals surface area contributed by atoms with Crippen molar-refractivity contribution >= 4 is 22.2 Å². The Balaban J connectivity index is 1.53. The summed E-state index contributed by atoms with van der Waals surface area (Å²) in [7, 11) is 0. The molecule has 5 rings (SSSR count). The molecule has 2 heterocycles. The predicted octanol–water partition coefficient (Wildman–Crippen LogP) is 5.30. The van der Waals surface area contributed by atoms with Gasteiger partial charge in [-0.25, -0.2) is 9.97 Å². The molecule has 0 fully saturated rings. The average Bonchev–Trinajstić information content (AvgIpc) is 3.29. The lowest BCUT2D eigenvalue weighted by Gasteiger charge is -2.05. The largest absolute Gasteiger partial charge is 0.443 e. The molecule has 4 heteroatoms. The van der Waals surface area contributed by atoms with Gasteiger partial charge in [0.05, 0.1) is 0 Å². The third kappa shape index (κ3) is 2.08. The van der Waals surface area contributed by atoms with Gasteiger partial charge in [0.15, 0.2) is 24.0 Å². The van der Waals surface area contributed by atoms with Gasteiger partial charge in [0.1, 0.15) is 11.0 Å². The Morgan fingerprint density at radius 3 is 1.38 bits per heavy atom. The smallest absolute Gasteiger partial charge is 0.181 e. The van der Waals surface area contributed by atoms with Crippen molar-refractivity contribution in [2.24, 2.45) is 0 Å². The van der Waals surface area contributed by atoms with Crippen molar-refractivity contribution in [3.8, 4) is 22.3 Å². The Labute approximate surface area is 137 Å². The van der Waals surface area contributed by atoms with Gasteiger partial charge in [0.2, 0.25) is 0 Å². The van der Waals surface area contributed by atoms with Crippen LogP contribution in [0.1, 0.15) is 0 Å². The van der Waals surface area contributed by atoms with E-state index in [4.69, 9.17) is 8.83 Å². The van der Waals surface area contributed by atoms with Crippen molar-refractivity contribution in [2.45, 2.75) is 0 Å². The highest BCUT2D eigenvalue weighted by Gasteiger charge is 2.05. The second-order valence-electron chi connectivity index (χ2n) is 5.65. The highest BCUT2D eigenvalue weighted by molar-refractivity contribution is 5.82. The summed E-state index contributed by atoms with van der Waals surface area (Å²) in [5, 5.41) is 0. The molecule has 0 aliphatic heterocycles. The molecule has 4 nitrogen and oxygen atoms in total. The molecule has 0 aliphatic rings. The van der Waals surface area contributed by atoms with Crippen LogP contribution < -0.4 is 0 Å². The highest BCUT2D eigenvalue weighted by atomic mass is 16.3. The van der Waals surface area contributed by atoms with Gasteiger partial charge in [-0.2, -0.15) is 0 Å². The van der Waals surface area contributed by atoms with E-state index in [0.717, 1.165) is 44.5 Å². The van der Waals surface area contributed by atoms with E-state index in [2.05, 4.69) is 46.4 Å². The molecule has 3 aromatic carbocycles. The number of hydrogen-bond donors (Lipinski definition) is 0. The fourth-order valence-corrected chi connectivity index (χ4v) is 2.92. The molecular formula is C20H12N2O2. The number of hydrogen-bond acceptors (Lipinski definition) is 4. The summed E-state index contributed by atoms with van der Waals surface area (Å²) < 4.78 is 10.8. The van der Waals surface area contributed by atoms with Crippen LogP contribution in [-0.4, -0.2) is 9.97 Å². The molecule has 0 atom stereocenters. The summed E-state index contributed by atoms with van der Waals surface area (Å²) in [4.78, 5) is 8.29. The molecule has 0 unspecified atom stereocenters. The topological polar surface area (TPSA) is 52.1 Å². The Morgan fingerprint density at radius 1 is 0.500 bits per heavy atom. The number of aromatic nitrogens is 2. The lowest BCUT2D eigenvalue weighted by atomic mass is 10.00. The minimum Gasteiger partial charge on any atom is -0.443 e. The van der Waals surface area contributed by atoms with Gasteiger partial charge in [-0.1, -0.05) is 36.4 Å². The molecule has 5 aromatic rings. The standard InChI is InChI=1S/C20H12N2O2/c1-2-14(16-6-8-18-20(10-16)24-12-22-18)4-3-13(1)15-5-7-17-19(9-15)23-11-21-17/h1-12H. The van der Waals surface area contributed by atoms with Gasteiger partial charge < -0.3 is 8.83 Å². The zero-order valence-corrected chi connectivity index (χ0v) is 12.6. The lowest BCUT2D eigenvalue weighted by molar-refractivity contribution is 0.602. The van der Waals surface area contributed by atoms with Gasteiger partial charge in [0.25, 0.3) is 0 Å². The molecule has 0 spiro atoms. The number of fused-ring (bicyclic) bond motifs is 2. The van der Waals surface area contributed by atoms with Gasteiger partial charge in [-0.15, -0.1) is 0 Å².